The number of para-hydroxylation sites is 1. The minimum atomic E-state index is -0.227. The largest absolute Gasteiger partial charge is 0.492 e. The van der Waals surface area contributed by atoms with E-state index < -0.39 is 0 Å². The van der Waals surface area contributed by atoms with Gasteiger partial charge in [0.15, 0.2) is 0 Å². The molecule has 1 amide bonds. The number of likely N-dealkylation sites (N-methyl/N-ethyl adjacent to an activating group) is 1. The van der Waals surface area contributed by atoms with Gasteiger partial charge in [-0.2, -0.15) is 0 Å². The van der Waals surface area contributed by atoms with Gasteiger partial charge in [-0.25, -0.2) is 0 Å². The summed E-state index contributed by atoms with van der Waals surface area (Å²) in [5, 5.41) is 2.96. The van der Waals surface area contributed by atoms with Crippen LogP contribution in [0, 0.1) is 0 Å². The lowest BCUT2D eigenvalue weighted by Gasteiger charge is -2.23. The Morgan fingerprint density at radius 1 is 1.12 bits per heavy atom. The molecule has 2 aromatic carbocycles. The standard InChI is InChI=1S/C20H26N2O2/c1-4-17-10-12-18(13-11-17)21-20(23)16(2)22(3)14-15-24-19-8-6-5-7-9-19/h5-13,16H,4,14-15H2,1-3H3,(H,21,23). The van der Waals surface area contributed by atoms with Crippen LogP contribution in [-0.2, 0) is 11.2 Å². The second-order valence-electron chi connectivity index (χ2n) is 5.86. The molecule has 0 heterocycles. The van der Waals surface area contributed by atoms with Crippen LogP contribution in [0.1, 0.15) is 19.4 Å². The Kier molecular flexibility index (Phi) is 6.82. The minimum absolute atomic E-state index is 0.0125. The van der Waals surface area contributed by atoms with E-state index in [1.807, 2.05) is 73.5 Å². The Hall–Kier alpha value is -2.33. The number of anilines is 1. The van der Waals surface area contributed by atoms with Gasteiger partial charge in [0.25, 0.3) is 0 Å². The van der Waals surface area contributed by atoms with E-state index in [2.05, 4.69) is 12.2 Å². The Morgan fingerprint density at radius 2 is 1.79 bits per heavy atom. The van der Waals surface area contributed by atoms with Gasteiger partial charge in [0, 0.05) is 12.2 Å². The molecular weight excluding hydrogens is 300 g/mol. The maximum atomic E-state index is 12.3. The second-order valence-corrected chi connectivity index (χ2v) is 5.86. The van der Waals surface area contributed by atoms with Crippen LogP contribution in [0.15, 0.2) is 54.6 Å². The summed E-state index contributed by atoms with van der Waals surface area (Å²) in [5.74, 6) is 0.834. The summed E-state index contributed by atoms with van der Waals surface area (Å²) in [7, 11) is 1.93. The number of carbonyl (C=O) groups is 1. The van der Waals surface area contributed by atoms with Gasteiger partial charge in [-0.3, -0.25) is 9.69 Å². The van der Waals surface area contributed by atoms with Gasteiger partial charge in [-0.1, -0.05) is 37.3 Å². The summed E-state index contributed by atoms with van der Waals surface area (Å²) in [4.78, 5) is 14.3. The van der Waals surface area contributed by atoms with E-state index in [1.54, 1.807) is 0 Å². The highest BCUT2D eigenvalue weighted by Crippen LogP contribution is 2.12. The number of benzene rings is 2. The van der Waals surface area contributed by atoms with Crippen molar-refractivity contribution in [1.82, 2.24) is 4.90 Å². The van der Waals surface area contributed by atoms with E-state index in [4.69, 9.17) is 4.74 Å². The van der Waals surface area contributed by atoms with Crippen molar-refractivity contribution in [3.8, 4) is 5.75 Å². The number of ether oxygens (including phenoxy) is 1. The maximum absolute atomic E-state index is 12.3. The van der Waals surface area contributed by atoms with E-state index >= 15 is 0 Å². The van der Waals surface area contributed by atoms with Crippen molar-refractivity contribution in [1.29, 1.82) is 0 Å². The zero-order chi connectivity index (χ0) is 17.4. The summed E-state index contributed by atoms with van der Waals surface area (Å²) >= 11 is 0. The predicted molar refractivity (Wildman–Crippen MR) is 98.5 cm³/mol. The molecule has 128 valence electrons. The minimum Gasteiger partial charge on any atom is -0.492 e. The number of hydrogen-bond acceptors (Lipinski definition) is 3. The van der Waals surface area contributed by atoms with Crippen molar-refractivity contribution < 1.29 is 9.53 Å². The summed E-state index contributed by atoms with van der Waals surface area (Å²) < 4.78 is 5.68. The summed E-state index contributed by atoms with van der Waals surface area (Å²) in [5.41, 5.74) is 2.09. The normalized spacial score (nSPS) is 12.0. The molecule has 0 saturated heterocycles. The highest BCUT2D eigenvalue weighted by molar-refractivity contribution is 5.94. The van der Waals surface area contributed by atoms with Gasteiger partial charge in [0.2, 0.25) is 5.91 Å². The molecule has 0 bridgehead atoms. The Bertz CT molecular complexity index is 626. The molecule has 2 aromatic rings. The molecule has 0 spiro atoms. The number of hydrogen-bond donors (Lipinski definition) is 1. The van der Waals surface area contributed by atoms with Crippen LogP contribution in [0.25, 0.3) is 0 Å². The molecule has 2 rings (SSSR count). The Morgan fingerprint density at radius 3 is 2.42 bits per heavy atom. The summed E-state index contributed by atoms with van der Waals surface area (Å²) in [6.45, 7) is 5.24. The SMILES string of the molecule is CCc1ccc(NC(=O)C(C)N(C)CCOc2ccccc2)cc1. The molecule has 0 fully saturated rings. The van der Waals surface area contributed by atoms with E-state index in [0.717, 1.165) is 17.9 Å². The van der Waals surface area contributed by atoms with E-state index in [0.29, 0.717) is 13.2 Å². The monoisotopic (exact) mass is 326 g/mol. The lowest BCUT2D eigenvalue weighted by Crippen LogP contribution is -2.41. The van der Waals surface area contributed by atoms with Crippen molar-refractivity contribution in [2.24, 2.45) is 0 Å². The molecule has 0 aliphatic rings. The molecule has 0 aliphatic carbocycles. The van der Waals surface area contributed by atoms with Crippen molar-refractivity contribution >= 4 is 11.6 Å². The topological polar surface area (TPSA) is 41.6 Å². The van der Waals surface area contributed by atoms with Crippen molar-refractivity contribution in [3.63, 3.8) is 0 Å². The van der Waals surface area contributed by atoms with E-state index in [9.17, 15) is 4.79 Å². The number of nitrogens with zero attached hydrogens (tertiary/aromatic N) is 1. The van der Waals surface area contributed by atoms with E-state index in [-0.39, 0.29) is 11.9 Å². The van der Waals surface area contributed by atoms with Gasteiger partial charge in [0.05, 0.1) is 6.04 Å². The molecular formula is C20H26N2O2. The molecule has 4 heteroatoms. The smallest absolute Gasteiger partial charge is 0.241 e. The zero-order valence-corrected chi connectivity index (χ0v) is 14.7. The van der Waals surface area contributed by atoms with Crippen LogP contribution < -0.4 is 10.1 Å². The lowest BCUT2D eigenvalue weighted by molar-refractivity contribution is -0.120. The number of nitrogens with one attached hydrogen (secondary N) is 1. The van der Waals surface area contributed by atoms with Gasteiger partial charge < -0.3 is 10.1 Å². The van der Waals surface area contributed by atoms with Crippen LogP contribution >= 0.6 is 0 Å². The van der Waals surface area contributed by atoms with E-state index in [1.165, 1.54) is 5.56 Å². The molecule has 1 unspecified atom stereocenters. The first-order valence-corrected chi connectivity index (χ1v) is 8.38. The Balaban J connectivity index is 1.78. The number of rotatable bonds is 8. The number of amides is 1. The fraction of sp³-hybridized carbons (Fsp3) is 0.350. The van der Waals surface area contributed by atoms with Crippen LogP contribution in [0.5, 0.6) is 5.75 Å². The zero-order valence-electron chi connectivity index (χ0n) is 14.7. The average Bonchev–Trinajstić information content (AvgIpc) is 2.62. The fourth-order valence-corrected chi connectivity index (χ4v) is 2.29. The average molecular weight is 326 g/mol. The number of carbonyl (C=O) groups excluding carboxylic acids is 1. The summed E-state index contributed by atoms with van der Waals surface area (Å²) in [6.07, 6.45) is 0.995. The van der Waals surface area contributed by atoms with Crippen LogP contribution in [0.3, 0.4) is 0 Å². The molecule has 1 N–H and O–H groups in total. The molecule has 24 heavy (non-hydrogen) atoms. The highest BCUT2D eigenvalue weighted by Gasteiger charge is 2.17. The molecule has 4 nitrogen and oxygen atoms in total. The third-order valence-electron chi connectivity index (χ3n) is 4.13. The first-order chi connectivity index (χ1) is 11.6. The third kappa shape index (κ3) is 5.39. The first-order valence-electron chi connectivity index (χ1n) is 8.38. The number of aryl methyl sites for hydroxylation is 1. The van der Waals surface area contributed by atoms with Gasteiger partial charge in [-0.15, -0.1) is 0 Å². The molecule has 0 saturated carbocycles. The second kappa shape index (κ2) is 9.08. The van der Waals surface area contributed by atoms with Crippen molar-refractivity contribution in [3.05, 3.63) is 60.2 Å². The molecule has 0 aromatic heterocycles. The van der Waals surface area contributed by atoms with Crippen LogP contribution in [0.2, 0.25) is 0 Å². The molecule has 0 radical (unpaired) electrons. The fourth-order valence-electron chi connectivity index (χ4n) is 2.29. The summed E-state index contributed by atoms with van der Waals surface area (Å²) in [6, 6.07) is 17.4. The van der Waals surface area contributed by atoms with Gasteiger partial charge in [-0.05, 0) is 50.2 Å². The molecule has 1 atom stereocenters. The van der Waals surface area contributed by atoms with Crippen LogP contribution in [0.4, 0.5) is 5.69 Å². The highest BCUT2D eigenvalue weighted by atomic mass is 16.5. The van der Waals surface area contributed by atoms with Gasteiger partial charge in [0.1, 0.15) is 12.4 Å². The van der Waals surface area contributed by atoms with Crippen molar-refractivity contribution in [2.45, 2.75) is 26.3 Å². The molecule has 0 aliphatic heterocycles. The van der Waals surface area contributed by atoms with Gasteiger partial charge >= 0.3 is 0 Å². The Labute approximate surface area is 144 Å². The third-order valence-corrected chi connectivity index (χ3v) is 4.13. The predicted octanol–water partition coefficient (Wildman–Crippen LogP) is 3.59. The van der Waals surface area contributed by atoms with Crippen LogP contribution in [-0.4, -0.2) is 37.0 Å². The maximum Gasteiger partial charge on any atom is 0.241 e. The lowest BCUT2D eigenvalue weighted by atomic mass is 10.1. The quantitative estimate of drug-likeness (QED) is 0.806. The van der Waals surface area contributed by atoms with Crippen molar-refractivity contribution in [2.75, 3.05) is 25.5 Å². The first kappa shape index (κ1) is 18.0.